The molecule has 0 unspecified atom stereocenters. The van der Waals surface area contributed by atoms with Crippen LogP contribution in [-0.2, 0) is 6.61 Å². The van der Waals surface area contributed by atoms with E-state index >= 15 is 0 Å². The summed E-state index contributed by atoms with van der Waals surface area (Å²) in [6, 6.07) is 11.8. The van der Waals surface area contributed by atoms with Gasteiger partial charge in [0.05, 0.1) is 10.0 Å². The number of thiophene rings is 1. The zero-order valence-corrected chi connectivity index (χ0v) is 16.9. The number of halogens is 4. The second kappa shape index (κ2) is 8.51. The van der Waals surface area contributed by atoms with Crippen LogP contribution >= 0.6 is 57.7 Å². The minimum absolute atomic E-state index is 0.155. The second-order valence-electron chi connectivity index (χ2n) is 5.19. The quantitative estimate of drug-likeness (QED) is 0.450. The van der Waals surface area contributed by atoms with Gasteiger partial charge >= 0.3 is 0 Å². The van der Waals surface area contributed by atoms with Crippen molar-refractivity contribution in [2.24, 2.45) is 0 Å². The lowest BCUT2D eigenvalue weighted by atomic mass is 10.2. The molecule has 0 atom stereocenters. The summed E-state index contributed by atoms with van der Waals surface area (Å²) in [5.41, 5.74) is 1.20. The highest BCUT2D eigenvalue weighted by atomic mass is 35.5. The molecule has 134 valence electrons. The number of carbonyl (C=O) groups excluding carboxylic acids is 1. The molecular formula is C18H11Cl4NO2S. The maximum atomic E-state index is 12.5. The van der Waals surface area contributed by atoms with Crippen molar-refractivity contribution in [1.82, 2.24) is 0 Å². The predicted molar refractivity (Wildman–Crippen MR) is 110 cm³/mol. The van der Waals surface area contributed by atoms with Crippen LogP contribution in [0.4, 0.5) is 5.69 Å². The molecule has 0 aliphatic heterocycles. The Labute approximate surface area is 174 Å². The fraction of sp³-hybridized carbons (Fsp3) is 0.0556. The van der Waals surface area contributed by atoms with E-state index in [0.717, 1.165) is 0 Å². The highest BCUT2D eigenvalue weighted by Crippen LogP contribution is 2.31. The van der Waals surface area contributed by atoms with Gasteiger partial charge in [0.2, 0.25) is 0 Å². The molecular weight excluding hydrogens is 436 g/mol. The number of carbonyl (C=O) groups is 1. The van der Waals surface area contributed by atoms with Crippen LogP contribution in [-0.4, -0.2) is 5.91 Å². The summed E-state index contributed by atoms with van der Waals surface area (Å²) in [6.07, 6.45) is 0. The summed E-state index contributed by atoms with van der Waals surface area (Å²) >= 11 is 25.4. The molecule has 8 heteroatoms. The van der Waals surface area contributed by atoms with E-state index < -0.39 is 0 Å². The van der Waals surface area contributed by atoms with Crippen LogP contribution in [0.1, 0.15) is 15.2 Å². The molecule has 3 nitrogen and oxygen atoms in total. The Morgan fingerprint density at radius 3 is 2.38 bits per heavy atom. The highest BCUT2D eigenvalue weighted by Gasteiger charge is 2.16. The summed E-state index contributed by atoms with van der Waals surface area (Å²) in [6.45, 7) is 0.155. The predicted octanol–water partition coefficient (Wildman–Crippen LogP) is 7.19. The van der Waals surface area contributed by atoms with Crippen molar-refractivity contribution in [2.45, 2.75) is 6.61 Å². The van der Waals surface area contributed by atoms with Crippen molar-refractivity contribution in [3.63, 3.8) is 0 Å². The van der Waals surface area contributed by atoms with Gasteiger partial charge in [-0.15, -0.1) is 11.3 Å². The Bertz CT molecular complexity index is 938. The molecule has 0 bridgehead atoms. The fourth-order valence-electron chi connectivity index (χ4n) is 2.16. The molecule has 0 saturated carbocycles. The molecule has 0 saturated heterocycles. The number of ether oxygens (including phenoxy) is 1. The van der Waals surface area contributed by atoms with E-state index in [2.05, 4.69) is 5.32 Å². The van der Waals surface area contributed by atoms with Crippen molar-refractivity contribution >= 4 is 69.3 Å². The maximum Gasteiger partial charge on any atom is 0.269 e. The van der Waals surface area contributed by atoms with Gasteiger partial charge in [-0.3, -0.25) is 4.79 Å². The van der Waals surface area contributed by atoms with Crippen LogP contribution in [0.25, 0.3) is 0 Å². The molecule has 1 N–H and O–H groups in total. The molecule has 3 rings (SSSR count). The Balaban J connectivity index is 1.73. The van der Waals surface area contributed by atoms with Gasteiger partial charge in [0.15, 0.2) is 0 Å². The molecule has 0 aliphatic rings. The second-order valence-corrected chi connectivity index (χ2v) is 7.73. The number of amides is 1. The third-order valence-electron chi connectivity index (χ3n) is 3.45. The van der Waals surface area contributed by atoms with Gasteiger partial charge in [-0.1, -0.05) is 52.5 Å². The van der Waals surface area contributed by atoms with Gasteiger partial charge in [-0.2, -0.15) is 0 Å². The first-order chi connectivity index (χ1) is 12.5. The molecule has 0 radical (unpaired) electrons. The van der Waals surface area contributed by atoms with Crippen molar-refractivity contribution in [3.05, 3.63) is 78.4 Å². The Morgan fingerprint density at radius 1 is 0.962 bits per heavy atom. The number of benzene rings is 2. The molecule has 1 amide bonds. The fourth-order valence-corrected chi connectivity index (χ4v) is 3.69. The molecule has 1 heterocycles. The third kappa shape index (κ3) is 4.45. The van der Waals surface area contributed by atoms with Crippen LogP contribution in [0, 0.1) is 0 Å². The molecule has 0 spiro atoms. The zero-order valence-electron chi connectivity index (χ0n) is 13.1. The van der Waals surface area contributed by atoms with Crippen LogP contribution in [0.5, 0.6) is 5.75 Å². The van der Waals surface area contributed by atoms with Crippen LogP contribution < -0.4 is 10.1 Å². The van der Waals surface area contributed by atoms with Gasteiger partial charge in [-0.25, -0.2) is 0 Å². The lowest BCUT2D eigenvalue weighted by Gasteiger charge is -2.10. The maximum absolute atomic E-state index is 12.5. The lowest BCUT2D eigenvalue weighted by molar-refractivity contribution is 0.102. The summed E-state index contributed by atoms with van der Waals surface area (Å²) < 4.78 is 5.76. The first kappa shape index (κ1) is 19.3. The molecule has 0 fully saturated rings. The van der Waals surface area contributed by atoms with Crippen LogP contribution in [0.3, 0.4) is 0 Å². The molecule has 2 aromatic carbocycles. The lowest BCUT2D eigenvalue weighted by Crippen LogP contribution is -2.11. The molecule has 26 heavy (non-hydrogen) atoms. The topological polar surface area (TPSA) is 38.3 Å². The number of nitrogens with one attached hydrogen (secondary N) is 1. The average molecular weight is 447 g/mol. The summed E-state index contributed by atoms with van der Waals surface area (Å²) in [7, 11) is 0. The van der Waals surface area contributed by atoms with Crippen LogP contribution in [0.15, 0.2) is 47.8 Å². The first-order valence-electron chi connectivity index (χ1n) is 7.35. The van der Waals surface area contributed by atoms with E-state index in [0.29, 0.717) is 42.0 Å². The van der Waals surface area contributed by atoms with Crippen molar-refractivity contribution in [3.8, 4) is 5.75 Å². The van der Waals surface area contributed by atoms with Crippen molar-refractivity contribution in [2.75, 3.05) is 5.32 Å². The Morgan fingerprint density at radius 2 is 1.69 bits per heavy atom. The van der Waals surface area contributed by atoms with E-state index in [1.165, 1.54) is 11.3 Å². The highest BCUT2D eigenvalue weighted by molar-refractivity contribution is 7.12. The van der Waals surface area contributed by atoms with E-state index in [1.807, 2.05) is 0 Å². The summed E-state index contributed by atoms with van der Waals surface area (Å²) in [5.74, 6) is 0.141. The van der Waals surface area contributed by atoms with Crippen LogP contribution in [0.2, 0.25) is 20.1 Å². The molecule has 0 aliphatic carbocycles. The van der Waals surface area contributed by atoms with E-state index in [1.54, 1.807) is 47.8 Å². The number of hydrogen-bond acceptors (Lipinski definition) is 3. The number of anilines is 1. The molecule has 3 aromatic rings. The number of hydrogen-bond donors (Lipinski definition) is 1. The van der Waals surface area contributed by atoms with Crippen molar-refractivity contribution < 1.29 is 9.53 Å². The van der Waals surface area contributed by atoms with Gasteiger partial charge in [-0.05, 0) is 41.8 Å². The van der Waals surface area contributed by atoms with E-state index in [9.17, 15) is 4.79 Å². The minimum Gasteiger partial charge on any atom is -0.487 e. The largest absolute Gasteiger partial charge is 0.487 e. The average Bonchev–Trinajstić information content (AvgIpc) is 3.06. The SMILES string of the molecule is O=C(Nc1ccc(Cl)c(Cl)c1)c1sccc1OCc1c(Cl)cccc1Cl. The third-order valence-corrected chi connectivity index (χ3v) is 5.79. The minimum atomic E-state index is -0.307. The Hall–Kier alpha value is -1.43. The Kier molecular flexibility index (Phi) is 6.33. The molecule has 1 aromatic heterocycles. The standard InChI is InChI=1S/C18H11Cl4NO2S/c19-12-2-1-3-13(20)11(12)9-25-16-6-7-26-17(16)18(24)23-10-4-5-14(21)15(22)8-10/h1-8H,9H2,(H,23,24). The van der Waals surface area contributed by atoms with Gasteiger partial charge in [0.25, 0.3) is 5.91 Å². The van der Waals surface area contributed by atoms with E-state index in [-0.39, 0.29) is 12.5 Å². The number of rotatable bonds is 5. The summed E-state index contributed by atoms with van der Waals surface area (Å²) in [5, 5.41) is 6.34. The van der Waals surface area contributed by atoms with Crippen molar-refractivity contribution in [1.29, 1.82) is 0 Å². The normalized spacial score (nSPS) is 10.6. The van der Waals surface area contributed by atoms with Gasteiger partial charge in [0, 0.05) is 21.3 Å². The smallest absolute Gasteiger partial charge is 0.269 e. The van der Waals surface area contributed by atoms with Gasteiger partial charge in [0.1, 0.15) is 17.2 Å². The first-order valence-corrected chi connectivity index (χ1v) is 9.74. The monoisotopic (exact) mass is 445 g/mol. The van der Waals surface area contributed by atoms with E-state index in [4.69, 9.17) is 51.1 Å². The van der Waals surface area contributed by atoms with Gasteiger partial charge < -0.3 is 10.1 Å². The summed E-state index contributed by atoms with van der Waals surface area (Å²) in [4.78, 5) is 13.0. The zero-order chi connectivity index (χ0) is 18.7.